The molecule has 0 spiro atoms. The maximum Gasteiger partial charge on any atom is 0.250 e. The van der Waals surface area contributed by atoms with Crippen LogP contribution in [0.15, 0.2) is 23.8 Å². The molecular formula is C18H23NO2. The van der Waals surface area contributed by atoms with Crippen molar-refractivity contribution in [2.24, 2.45) is 0 Å². The number of fused-ring (bicyclic) bond motifs is 1. The molecule has 1 aliphatic heterocycles. The quantitative estimate of drug-likeness (QED) is 0.794. The minimum Gasteiger partial charge on any atom is -0.378 e. The van der Waals surface area contributed by atoms with E-state index in [1.54, 1.807) is 0 Å². The zero-order valence-corrected chi connectivity index (χ0v) is 13.1. The molecule has 0 N–H and O–H groups in total. The van der Waals surface area contributed by atoms with Crippen LogP contribution in [0.1, 0.15) is 37.5 Å². The number of rotatable bonds is 1. The first kappa shape index (κ1) is 14.3. The van der Waals surface area contributed by atoms with Gasteiger partial charge in [0.25, 0.3) is 0 Å². The number of nitrogens with zero attached hydrogens (tertiary/aromatic N) is 1. The number of carbonyl (C=O) groups is 1. The first-order chi connectivity index (χ1) is 9.95. The van der Waals surface area contributed by atoms with Crippen molar-refractivity contribution in [3.05, 3.63) is 40.5 Å². The van der Waals surface area contributed by atoms with E-state index in [1.165, 1.54) is 16.7 Å². The third-order valence-corrected chi connectivity index (χ3v) is 4.30. The minimum absolute atomic E-state index is 0.139. The van der Waals surface area contributed by atoms with E-state index in [-0.39, 0.29) is 11.3 Å². The molecule has 1 fully saturated rings. The van der Waals surface area contributed by atoms with Crippen LogP contribution in [0.3, 0.4) is 0 Å². The molecule has 0 radical (unpaired) electrons. The van der Waals surface area contributed by atoms with E-state index in [4.69, 9.17) is 4.74 Å². The zero-order valence-electron chi connectivity index (χ0n) is 13.1. The molecule has 3 rings (SSSR count). The average Bonchev–Trinajstić information content (AvgIpc) is 2.89. The molecule has 1 heterocycles. The van der Waals surface area contributed by atoms with Gasteiger partial charge < -0.3 is 9.64 Å². The lowest BCUT2D eigenvalue weighted by Crippen LogP contribution is -2.41. The molecule has 1 aromatic carbocycles. The second-order valence-corrected chi connectivity index (χ2v) is 6.91. The Morgan fingerprint density at radius 2 is 1.90 bits per heavy atom. The zero-order chi connectivity index (χ0) is 15.0. The fraction of sp³-hybridized carbons (Fsp3) is 0.500. The number of ether oxygens (including phenoxy) is 1. The van der Waals surface area contributed by atoms with Gasteiger partial charge in [-0.05, 0) is 28.2 Å². The Bertz CT molecular complexity index is 590. The highest BCUT2D eigenvalue weighted by atomic mass is 16.5. The largest absolute Gasteiger partial charge is 0.378 e. The molecule has 1 aliphatic carbocycles. The molecule has 3 heteroatoms. The summed E-state index contributed by atoms with van der Waals surface area (Å²) < 4.78 is 5.31. The summed E-state index contributed by atoms with van der Waals surface area (Å²) in [6.07, 6.45) is 2.83. The topological polar surface area (TPSA) is 29.5 Å². The second kappa shape index (κ2) is 5.30. The highest BCUT2D eigenvalue weighted by Gasteiger charge is 2.25. The third-order valence-electron chi connectivity index (χ3n) is 4.30. The van der Waals surface area contributed by atoms with Crippen molar-refractivity contribution in [2.45, 2.75) is 32.6 Å². The average molecular weight is 285 g/mol. The van der Waals surface area contributed by atoms with E-state index in [0.29, 0.717) is 26.3 Å². The van der Waals surface area contributed by atoms with Gasteiger partial charge in [0.05, 0.1) is 13.2 Å². The van der Waals surface area contributed by atoms with Crippen LogP contribution in [0.5, 0.6) is 0 Å². The van der Waals surface area contributed by atoms with E-state index in [9.17, 15) is 4.79 Å². The van der Waals surface area contributed by atoms with Crippen LogP contribution in [-0.2, 0) is 21.4 Å². The summed E-state index contributed by atoms with van der Waals surface area (Å²) >= 11 is 0. The molecular weight excluding hydrogens is 262 g/mol. The lowest BCUT2D eigenvalue weighted by molar-refractivity contribution is -0.131. The van der Waals surface area contributed by atoms with E-state index in [1.807, 2.05) is 4.90 Å². The Kier molecular flexibility index (Phi) is 3.62. The molecule has 21 heavy (non-hydrogen) atoms. The second-order valence-electron chi connectivity index (χ2n) is 6.91. The summed E-state index contributed by atoms with van der Waals surface area (Å²) in [5.41, 5.74) is 4.84. The lowest BCUT2D eigenvalue weighted by atomic mass is 9.85. The highest BCUT2D eigenvalue weighted by Crippen LogP contribution is 2.31. The Labute approximate surface area is 126 Å². The van der Waals surface area contributed by atoms with Crippen molar-refractivity contribution in [2.75, 3.05) is 26.3 Å². The normalized spacial score (nSPS) is 18.4. The number of hydrogen-bond donors (Lipinski definition) is 0. The minimum atomic E-state index is 0.139. The van der Waals surface area contributed by atoms with Crippen molar-refractivity contribution >= 4 is 12.0 Å². The van der Waals surface area contributed by atoms with Crippen molar-refractivity contribution in [1.29, 1.82) is 0 Å². The molecule has 0 saturated carbocycles. The Morgan fingerprint density at radius 1 is 1.19 bits per heavy atom. The number of carbonyl (C=O) groups excluding carboxylic acids is 1. The van der Waals surface area contributed by atoms with Crippen molar-refractivity contribution in [3.63, 3.8) is 0 Å². The van der Waals surface area contributed by atoms with Gasteiger partial charge in [-0.2, -0.15) is 0 Å². The van der Waals surface area contributed by atoms with Crippen LogP contribution in [0.4, 0.5) is 0 Å². The van der Waals surface area contributed by atoms with Crippen LogP contribution in [0.25, 0.3) is 6.08 Å². The first-order valence-electron chi connectivity index (χ1n) is 7.66. The number of amides is 1. The van der Waals surface area contributed by atoms with Crippen LogP contribution in [-0.4, -0.2) is 37.1 Å². The number of benzene rings is 1. The van der Waals surface area contributed by atoms with Gasteiger partial charge in [-0.1, -0.05) is 39.0 Å². The maximum absolute atomic E-state index is 12.6. The van der Waals surface area contributed by atoms with Crippen molar-refractivity contribution in [1.82, 2.24) is 4.90 Å². The van der Waals surface area contributed by atoms with Gasteiger partial charge in [-0.25, -0.2) is 0 Å². The molecule has 0 aromatic heterocycles. The van der Waals surface area contributed by atoms with Crippen molar-refractivity contribution in [3.8, 4) is 0 Å². The van der Waals surface area contributed by atoms with E-state index in [0.717, 1.165) is 12.0 Å². The highest BCUT2D eigenvalue weighted by molar-refractivity contribution is 6.00. The van der Waals surface area contributed by atoms with Gasteiger partial charge >= 0.3 is 0 Å². The fourth-order valence-corrected chi connectivity index (χ4v) is 2.91. The van der Waals surface area contributed by atoms with Gasteiger partial charge in [0.2, 0.25) is 5.91 Å². The molecule has 0 atom stereocenters. The summed E-state index contributed by atoms with van der Waals surface area (Å²) in [4.78, 5) is 14.5. The predicted octanol–water partition coefficient (Wildman–Crippen LogP) is 2.78. The monoisotopic (exact) mass is 285 g/mol. The molecule has 112 valence electrons. The van der Waals surface area contributed by atoms with Gasteiger partial charge in [-0.3, -0.25) is 4.79 Å². The molecule has 1 aromatic rings. The van der Waals surface area contributed by atoms with E-state index < -0.39 is 0 Å². The third kappa shape index (κ3) is 2.88. The summed E-state index contributed by atoms with van der Waals surface area (Å²) in [6, 6.07) is 6.59. The summed E-state index contributed by atoms with van der Waals surface area (Å²) in [5.74, 6) is 0.173. The maximum atomic E-state index is 12.6. The Balaban J connectivity index is 1.82. The lowest BCUT2D eigenvalue weighted by Gasteiger charge is -2.27. The standard InChI is InChI=1S/C18H23NO2/c1-18(2,3)16-5-4-13-10-15(11-14(13)12-16)17(20)19-6-8-21-9-7-19/h4-5,11-12H,6-10H2,1-3H3. The fourth-order valence-electron chi connectivity index (χ4n) is 2.91. The van der Waals surface area contributed by atoms with Crippen LogP contribution in [0, 0.1) is 0 Å². The summed E-state index contributed by atoms with van der Waals surface area (Å²) in [5, 5.41) is 0. The molecule has 0 bridgehead atoms. The van der Waals surface area contributed by atoms with Gasteiger partial charge in [0.15, 0.2) is 0 Å². The summed E-state index contributed by atoms with van der Waals surface area (Å²) in [6.45, 7) is 9.37. The Morgan fingerprint density at radius 3 is 2.57 bits per heavy atom. The van der Waals surface area contributed by atoms with E-state index in [2.05, 4.69) is 45.0 Å². The SMILES string of the molecule is CC(C)(C)c1ccc2c(c1)C=C(C(=O)N1CCOCC1)C2. The number of morpholine rings is 1. The van der Waals surface area contributed by atoms with E-state index >= 15 is 0 Å². The van der Waals surface area contributed by atoms with Crippen LogP contribution < -0.4 is 0 Å². The molecule has 1 saturated heterocycles. The molecule has 0 unspecified atom stereocenters. The summed E-state index contributed by atoms with van der Waals surface area (Å²) in [7, 11) is 0. The van der Waals surface area contributed by atoms with Gasteiger partial charge in [-0.15, -0.1) is 0 Å². The smallest absolute Gasteiger partial charge is 0.250 e. The van der Waals surface area contributed by atoms with Crippen LogP contribution >= 0.6 is 0 Å². The molecule has 3 nitrogen and oxygen atoms in total. The first-order valence-corrected chi connectivity index (χ1v) is 7.66. The molecule has 2 aliphatic rings. The van der Waals surface area contributed by atoms with Gasteiger partial charge in [0, 0.05) is 25.1 Å². The molecule has 1 amide bonds. The van der Waals surface area contributed by atoms with Gasteiger partial charge in [0.1, 0.15) is 0 Å². The van der Waals surface area contributed by atoms with Crippen molar-refractivity contribution < 1.29 is 9.53 Å². The Hall–Kier alpha value is -1.61. The number of hydrogen-bond acceptors (Lipinski definition) is 2. The van der Waals surface area contributed by atoms with Crippen LogP contribution in [0.2, 0.25) is 0 Å². The predicted molar refractivity (Wildman–Crippen MR) is 84.2 cm³/mol.